The zero-order chi connectivity index (χ0) is 25.6. The van der Waals surface area contributed by atoms with Crippen molar-refractivity contribution in [3.8, 4) is 0 Å². The van der Waals surface area contributed by atoms with Gasteiger partial charge in [0.05, 0.1) is 59.5 Å². The minimum absolute atomic E-state index is 0.138. The summed E-state index contributed by atoms with van der Waals surface area (Å²) in [7, 11) is 0. The lowest BCUT2D eigenvalue weighted by Gasteiger charge is -2.02. The molecule has 10 N–H and O–H groups in total. The Labute approximate surface area is 193 Å². The van der Waals surface area contributed by atoms with Gasteiger partial charge in [0.1, 0.15) is 19.8 Å². The number of carbonyl (C=O) groups excluding carboxylic acids is 1. The number of hydrogen-bond donors (Lipinski definition) is 6. The van der Waals surface area contributed by atoms with Crippen LogP contribution in [-0.2, 0) is 42.8 Å². The number of primary amides is 1. The molecule has 0 aromatic carbocycles. The van der Waals surface area contributed by atoms with E-state index in [1.807, 2.05) is 0 Å². The Morgan fingerprint density at radius 3 is 1.00 bits per heavy atom. The summed E-state index contributed by atoms with van der Waals surface area (Å²) in [5, 5.41) is 16.2. The van der Waals surface area contributed by atoms with Crippen LogP contribution < -0.4 is 22.9 Å². The molecule has 0 bridgehead atoms. The maximum absolute atomic E-state index is 10.1. The quantitative estimate of drug-likeness (QED) is 0.0861. The molecule has 0 aliphatic rings. The van der Waals surface area contributed by atoms with Crippen molar-refractivity contribution in [1.29, 1.82) is 0 Å². The molecule has 0 rings (SSSR count). The number of amides is 1. The predicted octanol–water partition coefficient (Wildman–Crippen LogP) is -3.41. The monoisotopic (exact) mass is 488 g/mol. The van der Waals surface area contributed by atoms with Crippen LogP contribution in [0.1, 0.15) is 0 Å². The van der Waals surface area contributed by atoms with Crippen LogP contribution in [0.4, 0.5) is 0 Å². The predicted molar refractivity (Wildman–Crippen MR) is 117 cm³/mol. The summed E-state index contributed by atoms with van der Waals surface area (Å²) in [6, 6.07) is 0. The van der Waals surface area contributed by atoms with Crippen molar-refractivity contribution in [3.05, 3.63) is 0 Å². The molecule has 0 saturated carbocycles. The lowest BCUT2D eigenvalue weighted by atomic mass is 10.6. The average molecular weight is 489 g/mol. The van der Waals surface area contributed by atoms with Crippen LogP contribution in [-0.4, -0.2) is 127 Å². The van der Waals surface area contributed by atoms with Gasteiger partial charge in [-0.3, -0.25) is 4.79 Å². The first-order valence-corrected chi connectivity index (χ1v) is 10.1. The summed E-state index contributed by atoms with van der Waals surface area (Å²) in [6.45, 7) is 4.70. The molecule has 0 aromatic rings. The molecule has 0 atom stereocenters. The number of ether oxygens (including phenoxy) is 6. The Morgan fingerprint density at radius 2 is 0.758 bits per heavy atom. The number of hydrogen-bond acceptors (Lipinski definition) is 12. The molecular formula is C18H40N4O11. The van der Waals surface area contributed by atoms with E-state index in [9.17, 15) is 14.4 Å². The Morgan fingerprint density at radius 1 is 0.485 bits per heavy atom. The third kappa shape index (κ3) is 48.6. The van der Waals surface area contributed by atoms with Gasteiger partial charge in [-0.1, -0.05) is 0 Å². The molecule has 0 radical (unpaired) electrons. The maximum Gasteiger partial charge on any atom is 0.329 e. The molecule has 1 amide bonds. The van der Waals surface area contributed by atoms with E-state index in [0.717, 1.165) is 0 Å². The van der Waals surface area contributed by atoms with E-state index in [1.165, 1.54) is 0 Å². The highest BCUT2D eigenvalue weighted by Crippen LogP contribution is 1.79. The Hall–Kier alpha value is -1.95. The van der Waals surface area contributed by atoms with Crippen LogP contribution in [0.15, 0.2) is 0 Å². The van der Waals surface area contributed by atoms with Crippen molar-refractivity contribution >= 4 is 17.8 Å². The summed E-state index contributed by atoms with van der Waals surface area (Å²) in [6.07, 6.45) is 0. The Bertz CT molecular complexity index is 420. The second-order valence-corrected chi connectivity index (χ2v) is 5.61. The minimum Gasteiger partial charge on any atom is -0.480 e. The first-order valence-electron chi connectivity index (χ1n) is 10.1. The summed E-state index contributed by atoms with van der Waals surface area (Å²) >= 11 is 0. The van der Waals surface area contributed by atoms with Crippen molar-refractivity contribution in [2.24, 2.45) is 22.9 Å². The third-order valence-electron chi connectivity index (χ3n) is 2.60. The van der Waals surface area contributed by atoms with Gasteiger partial charge in [-0.05, 0) is 0 Å². The minimum atomic E-state index is -1.04. The van der Waals surface area contributed by atoms with Gasteiger partial charge in [0, 0.05) is 19.6 Å². The van der Waals surface area contributed by atoms with E-state index in [1.54, 1.807) is 0 Å². The van der Waals surface area contributed by atoms with Gasteiger partial charge in [-0.2, -0.15) is 0 Å². The van der Waals surface area contributed by atoms with Crippen LogP contribution in [0.3, 0.4) is 0 Å². The van der Waals surface area contributed by atoms with Crippen LogP contribution in [0.5, 0.6) is 0 Å². The topological polar surface area (TPSA) is 251 Å². The van der Waals surface area contributed by atoms with Gasteiger partial charge in [0.2, 0.25) is 5.91 Å². The number of carboxylic acids is 2. The van der Waals surface area contributed by atoms with E-state index in [0.29, 0.717) is 65.9 Å². The highest BCUT2D eigenvalue weighted by molar-refractivity contribution is 5.74. The van der Waals surface area contributed by atoms with E-state index in [4.69, 9.17) is 47.4 Å². The van der Waals surface area contributed by atoms with Gasteiger partial charge >= 0.3 is 11.9 Å². The second kappa shape index (κ2) is 32.2. The third-order valence-corrected chi connectivity index (χ3v) is 2.60. The van der Waals surface area contributed by atoms with Crippen LogP contribution in [0.25, 0.3) is 0 Å². The molecule has 0 saturated heterocycles. The van der Waals surface area contributed by atoms with Gasteiger partial charge in [0.15, 0.2) is 0 Å². The largest absolute Gasteiger partial charge is 0.480 e. The molecule has 0 aliphatic carbocycles. The number of rotatable bonds is 21. The molecule has 0 fully saturated rings. The summed E-state index contributed by atoms with van der Waals surface area (Å²) in [4.78, 5) is 29.9. The molecule has 15 nitrogen and oxygen atoms in total. The van der Waals surface area contributed by atoms with Crippen molar-refractivity contribution in [3.63, 3.8) is 0 Å². The highest BCUT2D eigenvalue weighted by Gasteiger charge is 1.97. The van der Waals surface area contributed by atoms with E-state index in [2.05, 4.69) is 14.2 Å². The lowest BCUT2D eigenvalue weighted by Crippen LogP contribution is -2.20. The van der Waals surface area contributed by atoms with Crippen LogP contribution >= 0.6 is 0 Å². The molecule has 198 valence electrons. The number of carboxylic acid groups (broad SMARTS) is 2. The molecule has 0 aromatic heterocycles. The molecular weight excluding hydrogens is 448 g/mol. The standard InChI is InChI=1S/C6H16N2O2.C6H11NO5.C6H13NO4/c7-1-3-9-5-6-10-4-2-8;7-5(8)3-11-1-2-12-4-6(9)10;7-1-2-10-3-4-11-5-6(8)9/h1-8H2;1-4H2,(H2,7,8)(H,9,10);1-5,7H2,(H,8,9). The summed E-state index contributed by atoms with van der Waals surface area (Å²) in [5.74, 6) is -2.57. The van der Waals surface area contributed by atoms with E-state index < -0.39 is 17.8 Å². The van der Waals surface area contributed by atoms with E-state index in [-0.39, 0.29) is 33.0 Å². The smallest absolute Gasteiger partial charge is 0.329 e. The SMILES string of the molecule is NC(=O)COCCOCC(=O)O.NCCOCCOCC(=O)O.NCCOCCOCCN. The van der Waals surface area contributed by atoms with Crippen molar-refractivity contribution in [1.82, 2.24) is 0 Å². The zero-order valence-corrected chi connectivity index (χ0v) is 19.0. The summed E-state index contributed by atoms with van der Waals surface area (Å²) < 4.78 is 29.0. The fourth-order valence-electron chi connectivity index (χ4n) is 1.40. The highest BCUT2D eigenvalue weighted by atomic mass is 16.5. The Kier molecular flexibility index (Phi) is 34.8. The van der Waals surface area contributed by atoms with Gasteiger partial charge in [0.25, 0.3) is 0 Å². The normalized spacial score (nSPS) is 9.91. The number of aliphatic carboxylic acids is 2. The molecule has 33 heavy (non-hydrogen) atoms. The van der Waals surface area contributed by atoms with Gasteiger partial charge in [-0.15, -0.1) is 0 Å². The van der Waals surface area contributed by atoms with Gasteiger partial charge < -0.3 is 61.6 Å². The number of carbonyl (C=O) groups is 3. The van der Waals surface area contributed by atoms with Crippen molar-refractivity contribution in [2.45, 2.75) is 0 Å². The second-order valence-electron chi connectivity index (χ2n) is 5.61. The van der Waals surface area contributed by atoms with Gasteiger partial charge in [-0.25, -0.2) is 9.59 Å². The van der Waals surface area contributed by atoms with Crippen LogP contribution in [0, 0.1) is 0 Å². The fraction of sp³-hybridized carbons (Fsp3) is 0.833. The molecule has 0 aliphatic heterocycles. The molecule has 0 unspecified atom stereocenters. The first kappa shape index (κ1) is 35.6. The lowest BCUT2D eigenvalue weighted by molar-refractivity contribution is -0.143. The Balaban J connectivity index is -0.000000411. The first-order chi connectivity index (χ1) is 15.8. The van der Waals surface area contributed by atoms with Crippen LogP contribution in [0.2, 0.25) is 0 Å². The average Bonchev–Trinajstić information content (AvgIpc) is 2.76. The van der Waals surface area contributed by atoms with E-state index >= 15 is 0 Å². The molecule has 0 heterocycles. The zero-order valence-electron chi connectivity index (χ0n) is 19.0. The summed E-state index contributed by atoms with van der Waals surface area (Å²) in [5.41, 5.74) is 20.3. The molecule has 0 spiro atoms. The van der Waals surface area contributed by atoms with Crippen molar-refractivity contribution in [2.75, 3.05) is 98.9 Å². The van der Waals surface area contributed by atoms with Crippen molar-refractivity contribution < 1.29 is 53.0 Å². The fourth-order valence-corrected chi connectivity index (χ4v) is 1.40. The maximum atomic E-state index is 10.1. The number of nitrogens with two attached hydrogens (primary N) is 4. The molecule has 15 heteroatoms.